The third kappa shape index (κ3) is 2.93. The first kappa shape index (κ1) is 12.7. The van der Waals surface area contributed by atoms with Crippen LogP contribution >= 0.6 is 11.8 Å². The van der Waals surface area contributed by atoms with Gasteiger partial charge in [0.25, 0.3) is 0 Å². The van der Waals surface area contributed by atoms with Crippen molar-refractivity contribution in [3.63, 3.8) is 0 Å². The number of tetrazole rings is 1. The molecule has 0 aliphatic carbocycles. The third-order valence-corrected chi connectivity index (χ3v) is 3.00. The van der Waals surface area contributed by atoms with Crippen molar-refractivity contribution < 1.29 is 4.74 Å². The predicted octanol–water partition coefficient (Wildman–Crippen LogP) is 0.339. The van der Waals surface area contributed by atoms with Crippen molar-refractivity contribution in [2.75, 3.05) is 19.5 Å². The monoisotopic (exact) mass is 267 g/mol. The van der Waals surface area contributed by atoms with Crippen molar-refractivity contribution in [1.29, 1.82) is 0 Å². The molecule has 2 rings (SSSR count). The van der Waals surface area contributed by atoms with Crippen LogP contribution in [0.4, 0.5) is 5.82 Å². The van der Waals surface area contributed by atoms with Gasteiger partial charge in [-0.05, 0) is 22.2 Å². The highest BCUT2D eigenvalue weighted by Crippen LogP contribution is 2.24. The minimum absolute atomic E-state index is 0.361. The SMILES string of the molecule is CNc1cc(Sc2nnnn2C)nc(COC)n1. The summed E-state index contributed by atoms with van der Waals surface area (Å²) in [7, 11) is 5.19. The first-order valence-corrected chi connectivity index (χ1v) is 5.99. The van der Waals surface area contributed by atoms with E-state index in [1.807, 2.05) is 6.07 Å². The summed E-state index contributed by atoms with van der Waals surface area (Å²) in [6.07, 6.45) is 0. The molecule has 0 aliphatic rings. The topological polar surface area (TPSA) is 90.6 Å². The lowest BCUT2D eigenvalue weighted by molar-refractivity contribution is 0.177. The minimum atomic E-state index is 0.361. The zero-order valence-corrected chi connectivity index (χ0v) is 11.1. The molecule has 0 atom stereocenters. The largest absolute Gasteiger partial charge is 0.377 e. The second-order valence-electron chi connectivity index (χ2n) is 3.38. The number of hydrogen-bond donors (Lipinski definition) is 1. The molecule has 0 radical (unpaired) electrons. The van der Waals surface area contributed by atoms with E-state index in [0.717, 1.165) is 10.8 Å². The highest BCUT2D eigenvalue weighted by atomic mass is 32.2. The Labute approximate surface area is 108 Å². The molecule has 2 aromatic rings. The lowest BCUT2D eigenvalue weighted by atomic mass is 10.5. The van der Waals surface area contributed by atoms with E-state index in [2.05, 4.69) is 30.8 Å². The number of hydrogen-bond acceptors (Lipinski definition) is 8. The number of nitrogens with zero attached hydrogens (tertiary/aromatic N) is 6. The Morgan fingerprint density at radius 2 is 2.28 bits per heavy atom. The fourth-order valence-electron chi connectivity index (χ4n) is 1.25. The Morgan fingerprint density at radius 1 is 1.44 bits per heavy atom. The summed E-state index contributed by atoms with van der Waals surface area (Å²) >= 11 is 1.37. The van der Waals surface area contributed by atoms with Crippen LogP contribution in [-0.2, 0) is 18.4 Å². The summed E-state index contributed by atoms with van der Waals surface area (Å²) < 4.78 is 6.62. The molecule has 0 bridgehead atoms. The molecule has 0 unspecified atom stereocenters. The summed E-state index contributed by atoms with van der Waals surface area (Å²) in [5.74, 6) is 1.34. The molecule has 2 heterocycles. The van der Waals surface area contributed by atoms with Gasteiger partial charge in [-0.1, -0.05) is 0 Å². The van der Waals surface area contributed by atoms with Crippen LogP contribution in [0.3, 0.4) is 0 Å². The molecule has 0 saturated carbocycles. The van der Waals surface area contributed by atoms with E-state index in [4.69, 9.17) is 4.74 Å². The highest BCUT2D eigenvalue weighted by molar-refractivity contribution is 7.99. The van der Waals surface area contributed by atoms with Crippen LogP contribution in [-0.4, -0.2) is 44.3 Å². The number of nitrogens with one attached hydrogen (secondary N) is 1. The van der Waals surface area contributed by atoms with Gasteiger partial charge in [-0.25, -0.2) is 14.6 Å². The van der Waals surface area contributed by atoms with E-state index in [1.165, 1.54) is 11.8 Å². The van der Waals surface area contributed by atoms with Gasteiger partial charge in [-0.2, -0.15) is 0 Å². The van der Waals surface area contributed by atoms with Gasteiger partial charge >= 0.3 is 0 Å². The van der Waals surface area contributed by atoms with Crippen LogP contribution in [0, 0.1) is 0 Å². The van der Waals surface area contributed by atoms with Gasteiger partial charge in [0.05, 0.1) is 0 Å². The second kappa shape index (κ2) is 5.74. The standard InChI is InChI=1S/C9H13N7OS/c1-10-6-4-8(12-7(11-6)5-17-3)18-9-13-14-15-16(9)2/h4H,5H2,1-3H3,(H,10,11,12). The smallest absolute Gasteiger partial charge is 0.215 e. The summed E-state index contributed by atoms with van der Waals surface area (Å²) in [4.78, 5) is 8.64. The Balaban J connectivity index is 2.26. The number of anilines is 1. The van der Waals surface area contributed by atoms with E-state index >= 15 is 0 Å². The molecule has 96 valence electrons. The number of aryl methyl sites for hydroxylation is 1. The lowest BCUT2D eigenvalue weighted by Crippen LogP contribution is -2.03. The molecule has 18 heavy (non-hydrogen) atoms. The first-order chi connectivity index (χ1) is 8.72. The van der Waals surface area contributed by atoms with E-state index in [-0.39, 0.29) is 0 Å². The van der Waals surface area contributed by atoms with Gasteiger partial charge in [0.15, 0.2) is 5.82 Å². The molecule has 9 heteroatoms. The van der Waals surface area contributed by atoms with Gasteiger partial charge in [0, 0.05) is 27.3 Å². The maximum Gasteiger partial charge on any atom is 0.215 e. The van der Waals surface area contributed by atoms with E-state index in [1.54, 1.807) is 25.9 Å². The molecule has 0 fully saturated rings. The summed E-state index contributed by atoms with van der Waals surface area (Å²) in [5.41, 5.74) is 0. The number of ether oxygens (including phenoxy) is 1. The zero-order chi connectivity index (χ0) is 13.0. The maximum absolute atomic E-state index is 5.03. The average molecular weight is 267 g/mol. The average Bonchev–Trinajstić information content (AvgIpc) is 2.75. The zero-order valence-electron chi connectivity index (χ0n) is 10.3. The van der Waals surface area contributed by atoms with E-state index in [0.29, 0.717) is 17.6 Å². The Kier molecular flexibility index (Phi) is 4.05. The fraction of sp³-hybridized carbons (Fsp3) is 0.444. The van der Waals surface area contributed by atoms with Crippen LogP contribution in [0.1, 0.15) is 5.82 Å². The van der Waals surface area contributed by atoms with Crippen LogP contribution in [0.2, 0.25) is 0 Å². The maximum atomic E-state index is 5.03. The molecular formula is C9H13N7OS. The number of methoxy groups -OCH3 is 1. The lowest BCUT2D eigenvalue weighted by Gasteiger charge is -2.06. The van der Waals surface area contributed by atoms with Crippen LogP contribution in [0.15, 0.2) is 16.2 Å². The molecule has 0 aliphatic heterocycles. The molecular weight excluding hydrogens is 254 g/mol. The Hall–Kier alpha value is -1.74. The highest BCUT2D eigenvalue weighted by Gasteiger charge is 2.09. The van der Waals surface area contributed by atoms with Gasteiger partial charge in [-0.15, -0.1) is 5.10 Å². The summed E-state index contributed by atoms with van der Waals surface area (Å²) in [6, 6.07) is 1.83. The fourth-order valence-corrected chi connectivity index (χ4v) is 2.00. The number of rotatable bonds is 5. The molecule has 0 aromatic carbocycles. The van der Waals surface area contributed by atoms with Crippen molar-refractivity contribution in [2.24, 2.45) is 7.05 Å². The van der Waals surface area contributed by atoms with Crippen molar-refractivity contribution in [2.45, 2.75) is 16.8 Å². The molecule has 0 spiro atoms. The van der Waals surface area contributed by atoms with Gasteiger partial charge in [0.1, 0.15) is 17.5 Å². The van der Waals surface area contributed by atoms with Crippen LogP contribution in [0.5, 0.6) is 0 Å². The van der Waals surface area contributed by atoms with Gasteiger partial charge in [-0.3, -0.25) is 0 Å². The normalized spacial score (nSPS) is 10.6. The Morgan fingerprint density at radius 3 is 2.89 bits per heavy atom. The van der Waals surface area contributed by atoms with Crippen molar-refractivity contribution in [3.05, 3.63) is 11.9 Å². The summed E-state index contributed by atoms with van der Waals surface area (Å²) in [5, 5.41) is 15.6. The third-order valence-electron chi connectivity index (χ3n) is 2.06. The van der Waals surface area contributed by atoms with Crippen LogP contribution in [0.25, 0.3) is 0 Å². The van der Waals surface area contributed by atoms with E-state index < -0.39 is 0 Å². The number of aromatic nitrogens is 6. The Bertz CT molecular complexity index is 529. The quantitative estimate of drug-likeness (QED) is 0.775. The van der Waals surface area contributed by atoms with Crippen molar-refractivity contribution in [1.82, 2.24) is 30.2 Å². The minimum Gasteiger partial charge on any atom is -0.377 e. The van der Waals surface area contributed by atoms with E-state index in [9.17, 15) is 0 Å². The van der Waals surface area contributed by atoms with Crippen LogP contribution < -0.4 is 5.32 Å². The van der Waals surface area contributed by atoms with Crippen molar-refractivity contribution in [3.8, 4) is 0 Å². The first-order valence-electron chi connectivity index (χ1n) is 5.17. The molecule has 0 saturated heterocycles. The summed E-state index contributed by atoms with van der Waals surface area (Å²) in [6.45, 7) is 0.361. The molecule has 2 aromatic heterocycles. The molecule has 8 nitrogen and oxygen atoms in total. The second-order valence-corrected chi connectivity index (χ2v) is 4.37. The van der Waals surface area contributed by atoms with Gasteiger partial charge in [0.2, 0.25) is 5.16 Å². The predicted molar refractivity (Wildman–Crippen MR) is 65.2 cm³/mol. The van der Waals surface area contributed by atoms with Crippen molar-refractivity contribution >= 4 is 17.6 Å². The molecule has 0 amide bonds. The molecule has 1 N–H and O–H groups in total. The van der Waals surface area contributed by atoms with Gasteiger partial charge < -0.3 is 10.1 Å².